The average molecular weight is 325 g/mol. The Bertz CT molecular complexity index is 439. The van der Waals surface area contributed by atoms with Crippen LogP contribution in [0.2, 0.25) is 0 Å². The number of hydrogen-bond donors (Lipinski definition) is 2. The number of hydrogen-bond acceptors (Lipinski definition) is 4. The average Bonchev–Trinajstić information content (AvgIpc) is 2.52. The molecule has 0 atom stereocenters. The molecule has 0 aliphatic heterocycles. The van der Waals surface area contributed by atoms with Crippen molar-refractivity contribution >= 4 is 11.7 Å². The first kappa shape index (κ1) is 21.0. The van der Waals surface area contributed by atoms with Crippen LogP contribution in [-0.2, 0) is 0 Å². The minimum absolute atomic E-state index is 0.0422. The molecule has 1 aromatic rings. The van der Waals surface area contributed by atoms with Crippen LogP contribution in [0.1, 0.15) is 69.7 Å². The number of nitro benzene ring substituents is 1. The lowest BCUT2D eigenvalue weighted by atomic mass is 9.93. The molecule has 0 radical (unpaired) electrons. The largest absolute Gasteiger partial charge is 0.478 e. The molecule has 0 amide bonds. The Hall–Kier alpha value is -1.95. The fourth-order valence-corrected chi connectivity index (χ4v) is 1.97. The zero-order valence-corrected chi connectivity index (χ0v) is 14.1. The smallest absolute Gasteiger partial charge is 0.335 e. The van der Waals surface area contributed by atoms with E-state index in [4.69, 9.17) is 5.11 Å². The van der Waals surface area contributed by atoms with Crippen LogP contribution in [0.15, 0.2) is 24.3 Å². The second-order valence-corrected chi connectivity index (χ2v) is 5.81. The maximum Gasteiger partial charge on any atom is 0.335 e. The van der Waals surface area contributed by atoms with E-state index in [0.717, 1.165) is 37.8 Å². The lowest BCUT2D eigenvalue weighted by molar-refractivity contribution is -0.384. The van der Waals surface area contributed by atoms with Crippen molar-refractivity contribution < 1.29 is 19.9 Å². The van der Waals surface area contributed by atoms with Gasteiger partial charge in [-0.25, -0.2) is 4.79 Å². The Balaban J connectivity index is 0.000000423. The third kappa shape index (κ3) is 9.63. The number of aromatic carboxylic acids is 1. The number of carboxylic acids is 1. The molecule has 6 heteroatoms. The van der Waals surface area contributed by atoms with E-state index >= 15 is 0 Å². The van der Waals surface area contributed by atoms with Crippen LogP contribution in [0.4, 0.5) is 5.69 Å². The lowest BCUT2D eigenvalue weighted by Crippen LogP contribution is -2.23. The number of carbonyl (C=O) groups is 1. The lowest BCUT2D eigenvalue weighted by Gasteiger charge is -2.22. The molecular formula is C17H27NO5. The number of carboxylic acid groups (broad SMARTS) is 1. The van der Waals surface area contributed by atoms with Crippen molar-refractivity contribution in [1.82, 2.24) is 0 Å². The van der Waals surface area contributed by atoms with Gasteiger partial charge in [0.2, 0.25) is 0 Å². The molecule has 0 saturated heterocycles. The Morgan fingerprint density at radius 2 is 1.57 bits per heavy atom. The fraction of sp³-hybridized carbons (Fsp3) is 0.588. The molecule has 23 heavy (non-hydrogen) atoms. The van der Waals surface area contributed by atoms with Crippen LogP contribution >= 0.6 is 0 Å². The van der Waals surface area contributed by atoms with E-state index in [9.17, 15) is 20.0 Å². The van der Waals surface area contributed by atoms with Crippen molar-refractivity contribution in [3.8, 4) is 0 Å². The molecule has 0 aliphatic carbocycles. The highest BCUT2D eigenvalue weighted by Gasteiger charge is 2.17. The predicted molar refractivity (Wildman–Crippen MR) is 89.7 cm³/mol. The summed E-state index contributed by atoms with van der Waals surface area (Å²) in [6.07, 6.45) is 6.59. The molecule has 0 unspecified atom stereocenters. The van der Waals surface area contributed by atoms with E-state index in [1.165, 1.54) is 25.0 Å². The summed E-state index contributed by atoms with van der Waals surface area (Å²) in [5, 5.41) is 28.4. The number of non-ortho nitro benzene ring substituents is 1. The Morgan fingerprint density at radius 1 is 1.13 bits per heavy atom. The maximum atomic E-state index is 10.3. The molecule has 0 bridgehead atoms. The molecule has 0 spiro atoms. The van der Waals surface area contributed by atoms with Crippen LogP contribution in [0.25, 0.3) is 0 Å². The minimum atomic E-state index is -1.09. The van der Waals surface area contributed by atoms with Gasteiger partial charge in [-0.05, 0) is 31.9 Å². The summed E-state index contributed by atoms with van der Waals surface area (Å²) in [6, 6.07) is 4.70. The highest BCUT2D eigenvalue weighted by Crippen LogP contribution is 2.20. The summed E-state index contributed by atoms with van der Waals surface area (Å²) < 4.78 is 0. The summed E-state index contributed by atoms with van der Waals surface area (Å²) in [7, 11) is 0. The van der Waals surface area contributed by atoms with Gasteiger partial charge in [0, 0.05) is 12.1 Å². The van der Waals surface area contributed by atoms with Gasteiger partial charge in [-0.1, -0.05) is 39.5 Å². The second-order valence-electron chi connectivity index (χ2n) is 5.81. The summed E-state index contributed by atoms with van der Waals surface area (Å²) >= 11 is 0. The van der Waals surface area contributed by atoms with Crippen molar-refractivity contribution in [2.75, 3.05) is 0 Å². The summed E-state index contributed by atoms with van der Waals surface area (Å²) in [5.41, 5.74) is -0.466. The number of aliphatic hydroxyl groups is 1. The van der Waals surface area contributed by atoms with Crippen LogP contribution in [-0.4, -0.2) is 26.7 Å². The molecule has 0 aliphatic rings. The van der Waals surface area contributed by atoms with Crippen molar-refractivity contribution in [2.45, 2.75) is 64.9 Å². The van der Waals surface area contributed by atoms with Gasteiger partial charge in [-0.15, -0.1) is 0 Å². The zero-order valence-electron chi connectivity index (χ0n) is 14.1. The van der Waals surface area contributed by atoms with Gasteiger partial charge in [0.05, 0.1) is 16.1 Å². The highest BCUT2D eigenvalue weighted by molar-refractivity contribution is 5.87. The molecule has 1 rings (SSSR count). The Kier molecular flexibility index (Phi) is 9.81. The molecule has 2 N–H and O–H groups in total. The van der Waals surface area contributed by atoms with E-state index in [2.05, 4.69) is 13.8 Å². The Labute approximate surface area is 137 Å². The third-order valence-corrected chi connectivity index (χ3v) is 3.46. The van der Waals surface area contributed by atoms with Gasteiger partial charge in [0.15, 0.2) is 0 Å². The molecule has 0 fully saturated rings. The van der Waals surface area contributed by atoms with Crippen molar-refractivity contribution in [2.24, 2.45) is 0 Å². The molecule has 0 saturated carbocycles. The number of nitro groups is 1. The van der Waals surface area contributed by atoms with E-state index < -0.39 is 16.5 Å². The summed E-state index contributed by atoms with van der Waals surface area (Å²) in [4.78, 5) is 19.9. The van der Waals surface area contributed by atoms with Gasteiger partial charge < -0.3 is 10.2 Å². The SMILES string of the molecule is CCCCC(C)(O)CCCC.O=C(O)c1ccc([N+](=O)[O-])cc1. The van der Waals surface area contributed by atoms with E-state index in [0.29, 0.717) is 0 Å². The van der Waals surface area contributed by atoms with Crippen LogP contribution in [0.5, 0.6) is 0 Å². The van der Waals surface area contributed by atoms with Gasteiger partial charge in [0.25, 0.3) is 5.69 Å². The van der Waals surface area contributed by atoms with Crippen molar-refractivity contribution in [3.05, 3.63) is 39.9 Å². The van der Waals surface area contributed by atoms with Crippen LogP contribution in [0.3, 0.4) is 0 Å². The minimum Gasteiger partial charge on any atom is -0.478 e. The second kappa shape index (κ2) is 10.7. The molecule has 130 valence electrons. The molecule has 0 heterocycles. The van der Waals surface area contributed by atoms with E-state index in [1.54, 1.807) is 0 Å². The van der Waals surface area contributed by atoms with Crippen LogP contribution < -0.4 is 0 Å². The maximum absolute atomic E-state index is 10.3. The first-order chi connectivity index (χ1) is 10.7. The van der Waals surface area contributed by atoms with Gasteiger partial charge in [-0.2, -0.15) is 0 Å². The summed E-state index contributed by atoms with van der Waals surface area (Å²) in [5.74, 6) is -1.09. The van der Waals surface area contributed by atoms with Crippen molar-refractivity contribution in [3.63, 3.8) is 0 Å². The number of unbranched alkanes of at least 4 members (excludes halogenated alkanes) is 2. The number of nitrogens with zero attached hydrogens (tertiary/aromatic N) is 1. The highest BCUT2D eigenvalue weighted by atomic mass is 16.6. The van der Waals surface area contributed by atoms with Gasteiger partial charge >= 0.3 is 5.97 Å². The predicted octanol–water partition coefficient (Wildman–Crippen LogP) is 4.41. The third-order valence-electron chi connectivity index (χ3n) is 3.46. The standard InChI is InChI=1S/C10H22O.C7H5NO4/c1-4-6-8-10(3,11)9-7-5-2;9-7(10)5-1-3-6(4-2-5)8(11)12/h11H,4-9H2,1-3H3;1-4H,(H,9,10). The number of benzene rings is 1. The van der Waals surface area contributed by atoms with Gasteiger partial charge in [0.1, 0.15) is 0 Å². The molecular weight excluding hydrogens is 298 g/mol. The fourth-order valence-electron chi connectivity index (χ4n) is 1.97. The quantitative estimate of drug-likeness (QED) is 0.544. The van der Waals surface area contributed by atoms with Crippen LogP contribution in [0, 0.1) is 10.1 Å². The Morgan fingerprint density at radius 3 is 1.87 bits per heavy atom. The topological polar surface area (TPSA) is 101 Å². The zero-order chi connectivity index (χ0) is 17.9. The molecule has 6 nitrogen and oxygen atoms in total. The first-order valence-corrected chi connectivity index (χ1v) is 7.93. The van der Waals surface area contributed by atoms with E-state index in [-0.39, 0.29) is 11.3 Å². The monoisotopic (exact) mass is 325 g/mol. The first-order valence-electron chi connectivity index (χ1n) is 7.93. The molecule has 0 aromatic heterocycles. The van der Waals surface area contributed by atoms with Crippen molar-refractivity contribution in [1.29, 1.82) is 0 Å². The summed E-state index contributed by atoms with van der Waals surface area (Å²) in [6.45, 7) is 6.28. The van der Waals surface area contributed by atoms with Gasteiger partial charge in [-0.3, -0.25) is 10.1 Å². The number of rotatable bonds is 8. The normalized spacial score (nSPS) is 10.6. The van der Waals surface area contributed by atoms with E-state index in [1.807, 2.05) is 6.92 Å². The molecule has 1 aromatic carbocycles.